The van der Waals surface area contributed by atoms with Gasteiger partial charge in [-0.05, 0) is 6.92 Å². The molecule has 2 atom stereocenters. The van der Waals surface area contributed by atoms with Gasteiger partial charge in [0.1, 0.15) is 11.8 Å². The van der Waals surface area contributed by atoms with E-state index in [9.17, 15) is 28.8 Å². The third kappa shape index (κ3) is 201. The monoisotopic (exact) mass is 1130 g/mol. The summed E-state index contributed by atoms with van der Waals surface area (Å²) in [6.45, 7) is 21.7. The molecule has 0 aliphatic heterocycles. The van der Waals surface area contributed by atoms with E-state index >= 15 is 0 Å². The van der Waals surface area contributed by atoms with E-state index in [1.54, 1.807) is 0 Å². The summed E-state index contributed by atoms with van der Waals surface area (Å²) in [5.74, 6) is -5.82. The van der Waals surface area contributed by atoms with Crippen LogP contribution in [0.5, 0.6) is 0 Å². The van der Waals surface area contributed by atoms with Gasteiger partial charge in [0, 0.05) is 24.6 Å². The summed E-state index contributed by atoms with van der Waals surface area (Å²) < 4.78 is 0. The fourth-order valence-corrected chi connectivity index (χ4v) is 4.54. The molecule has 0 aromatic rings. The van der Waals surface area contributed by atoms with Crippen molar-refractivity contribution in [2.75, 3.05) is 50.8 Å². The quantitative estimate of drug-likeness (QED) is 0.0522. The number of carbonyl (C=O) groups excluding carboxylic acids is 2. The van der Waals surface area contributed by atoms with Gasteiger partial charge in [0.25, 0.3) is 0 Å². The molecule has 0 radical (unpaired) electrons. The van der Waals surface area contributed by atoms with Crippen molar-refractivity contribution in [3.05, 3.63) is 0 Å². The van der Waals surface area contributed by atoms with Crippen LogP contribution in [0.1, 0.15) is 291 Å². The number of ketones is 1. The molecular weight excluding hydrogens is 953 g/mol. The Morgan fingerprint density at radius 2 is 0.639 bits per heavy atom. The molecule has 0 fully saturated rings. The predicted octanol–water partition coefficient (Wildman–Crippen LogP) is 21.0. The van der Waals surface area contributed by atoms with Gasteiger partial charge in [-0.3, -0.25) is 38.6 Å². The van der Waals surface area contributed by atoms with Crippen molar-refractivity contribution in [1.82, 2.24) is 15.1 Å². The Hall–Kier alpha value is -2.40. The highest BCUT2D eigenvalue weighted by atomic mass is 33.1. The number of hydrogen-bond acceptors (Lipinski definition) is 11. The molecule has 14 nitrogen and oxygen atoms in total. The molecule has 72 heavy (non-hydrogen) atoms. The number of carboxylic acid groups (broad SMARTS) is 4. The maximum atomic E-state index is 12.7. The van der Waals surface area contributed by atoms with Crippen LogP contribution in [-0.4, -0.2) is 129 Å². The highest BCUT2D eigenvalue weighted by Gasteiger charge is 2.32. The molecule has 0 spiro atoms. The van der Waals surface area contributed by atoms with Crippen LogP contribution in [0, 0.1) is 0 Å². The van der Waals surface area contributed by atoms with E-state index in [1.807, 2.05) is 83.1 Å². The topological polar surface area (TPSA) is 228 Å². The van der Waals surface area contributed by atoms with E-state index in [0.29, 0.717) is 11.5 Å². The number of carboxylic acids is 4. The molecule has 7 N–H and O–H groups in total. The fourth-order valence-electron chi connectivity index (χ4n) is 2.43. The standard InChI is InChI=1S/C17H28N4O10S2.6C2H6.27CH4/c1-10(22)11(18)9-33-32-3-2-19-17(31)12(21(7-15(27)28)8-16(29)30)4-20(5-13(23)24)6-14(25)26;6*1-2;;;;;;;;;;;;;;;;;;;;;;;;;;;/h11-12H,2-9,18H2,1H3,(H,19,31)(H,23,24)(H,25,26)(H,27,28)(H,29,30);6*1-2H3;27*1H4. The summed E-state index contributed by atoms with van der Waals surface area (Å²) >= 11 is 0. The second kappa shape index (κ2) is 210. The first-order valence-electron chi connectivity index (χ1n) is 15.4. The van der Waals surface area contributed by atoms with Crippen molar-refractivity contribution in [1.29, 1.82) is 0 Å². The fraction of sp³-hybridized carbons (Fsp3) is 0.893. The highest BCUT2D eigenvalue weighted by Crippen LogP contribution is 2.21. The number of nitrogens with two attached hydrogens (primary N) is 1. The Morgan fingerprint density at radius 1 is 0.417 bits per heavy atom. The molecule has 0 aromatic heterocycles. The van der Waals surface area contributed by atoms with Crippen LogP contribution in [0.25, 0.3) is 0 Å². The van der Waals surface area contributed by atoms with Crippen molar-refractivity contribution < 1.29 is 49.2 Å². The molecule has 0 aliphatic rings. The molecule has 1 amide bonds. The number of nitrogens with zero attached hydrogens (tertiary/aromatic N) is 2. The lowest BCUT2D eigenvalue weighted by Crippen LogP contribution is -2.56. The van der Waals surface area contributed by atoms with Gasteiger partial charge < -0.3 is 31.5 Å². The minimum atomic E-state index is -1.44. The van der Waals surface area contributed by atoms with Crippen molar-refractivity contribution in [2.45, 2.75) is 303 Å². The van der Waals surface area contributed by atoms with Crippen molar-refractivity contribution in [2.24, 2.45) is 5.73 Å². The molecule has 0 aromatic carbocycles. The van der Waals surface area contributed by atoms with E-state index < -0.39 is 74.6 Å². The van der Waals surface area contributed by atoms with Crippen molar-refractivity contribution in [3.8, 4) is 0 Å². The molecule has 2 unspecified atom stereocenters. The van der Waals surface area contributed by atoms with Crippen LogP contribution in [0.15, 0.2) is 0 Å². The number of Topliss-reactive ketones (excluding diaryl/α,β-unsaturated/α-hetero) is 1. The average Bonchev–Trinajstić information content (AvgIpc) is 3.01. The van der Waals surface area contributed by atoms with E-state index in [0.717, 1.165) is 9.80 Å². The molecule has 0 rings (SSSR count). The van der Waals surface area contributed by atoms with Crippen molar-refractivity contribution >= 4 is 57.2 Å². The zero-order chi connectivity index (χ0) is 37.6. The van der Waals surface area contributed by atoms with Crippen LogP contribution in [-0.2, 0) is 28.8 Å². The van der Waals surface area contributed by atoms with Gasteiger partial charge in [-0.25, -0.2) is 0 Å². The minimum Gasteiger partial charge on any atom is -0.480 e. The van der Waals surface area contributed by atoms with Gasteiger partial charge in [-0.15, -0.1) is 0 Å². The molecule has 16 heteroatoms. The molecular formula is C56H172N4O10S2. The number of rotatable bonds is 19. The number of hydrogen-bond donors (Lipinski definition) is 6. The molecule has 0 heterocycles. The third-order valence-corrected chi connectivity index (χ3v) is 6.35. The number of carbonyl (C=O) groups is 6. The summed E-state index contributed by atoms with van der Waals surface area (Å²) in [6, 6.07) is -2.06. The predicted molar refractivity (Wildman–Crippen MR) is 369 cm³/mol. The van der Waals surface area contributed by atoms with Gasteiger partial charge in [0.2, 0.25) is 5.91 Å². The largest absolute Gasteiger partial charge is 0.480 e. The molecule has 488 valence electrons. The first kappa shape index (κ1) is 258. The van der Waals surface area contributed by atoms with Gasteiger partial charge in [-0.2, -0.15) is 0 Å². The summed E-state index contributed by atoms with van der Waals surface area (Å²) in [5.41, 5.74) is 5.60. The summed E-state index contributed by atoms with van der Waals surface area (Å²) in [5, 5.41) is 38.7. The van der Waals surface area contributed by atoms with Crippen LogP contribution < -0.4 is 11.1 Å². The first-order chi connectivity index (χ1) is 21.3. The smallest absolute Gasteiger partial charge is 0.317 e. The Morgan fingerprint density at radius 3 is 0.833 bits per heavy atom. The number of aliphatic carboxylic acids is 4. The summed E-state index contributed by atoms with van der Waals surface area (Å²) in [4.78, 5) is 70.0. The zero-order valence-corrected chi connectivity index (χ0v) is 31.5. The van der Waals surface area contributed by atoms with Gasteiger partial charge in [0.05, 0.1) is 32.2 Å². The van der Waals surface area contributed by atoms with Crippen LogP contribution >= 0.6 is 21.6 Å². The Labute approximate surface area is 478 Å². The van der Waals surface area contributed by atoms with Gasteiger partial charge in [-0.1, -0.05) is 305 Å². The van der Waals surface area contributed by atoms with Crippen LogP contribution in [0.2, 0.25) is 0 Å². The van der Waals surface area contributed by atoms with Crippen LogP contribution in [0.4, 0.5) is 0 Å². The van der Waals surface area contributed by atoms with Crippen molar-refractivity contribution in [3.63, 3.8) is 0 Å². The SMILES string of the molecule is C.C.C.C.C.C.C.C.C.C.C.C.C.C.C.C.C.C.C.C.C.C.C.C.C.C.C.CC.CC.CC.CC.CC.CC.CC(=O)C(N)CSSCCNC(=O)C(CN(CC(=O)O)CC(=O)O)N(CC(=O)O)CC(=O)O. The van der Waals surface area contributed by atoms with E-state index in [-0.39, 0.29) is 213 Å². The van der Waals surface area contributed by atoms with E-state index in [1.165, 1.54) is 28.5 Å². The molecule has 0 aliphatic carbocycles. The second-order valence-electron chi connectivity index (χ2n) is 6.78. The Bertz CT molecular complexity index is 714. The lowest BCUT2D eigenvalue weighted by atomic mass is 10.2. The number of amides is 1. The lowest BCUT2D eigenvalue weighted by molar-refractivity contribution is -0.148. The summed E-state index contributed by atoms with van der Waals surface area (Å²) in [7, 11) is 2.63. The van der Waals surface area contributed by atoms with E-state index in [2.05, 4.69) is 5.32 Å². The maximum absolute atomic E-state index is 12.7. The number of nitrogens with one attached hydrogen (secondary N) is 1. The Kier molecular flexibility index (Phi) is 755. The first-order valence-corrected chi connectivity index (χ1v) is 17.9. The molecule has 0 bridgehead atoms. The minimum absolute atomic E-state index is 0. The average molecular weight is 1130 g/mol. The summed E-state index contributed by atoms with van der Waals surface area (Å²) in [6.07, 6.45) is 0. The molecule has 0 saturated heterocycles. The maximum Gasteiger partial charge on any atom is 0.317 e. The van der Waals surface area contributed by atoms with Gasteiger partial charge >= 0.3 is 23.9 Å². The molecule has 0 saturated carbocycles. The third-order valence-electron chi connectivity index (χ3n) is 3.91. The highest BCUT2D eigenvalue weighted by molar-refractivity contribution is 8.76. The second-order valence-corrected chi connectivity index (χ2v) is 9.41. The van der Waals surface area contributed by atoms with Crippen LogP contribution in [0.3, 0.4) is 0 Å². The van der Waals surface area contributed by atoms with E-state index in [4.69, 9.17) is 26.2 Å². The normalized spacial score (nSPS) is 6.39. The Balaban J connectivity index is -0.0000000108. The van der Waals surface area contributed by atoms with Gasteiger partial charge in [0.15, 0.2) is 0 Å². The lowest BCUT2D eigenvalue weighted by Gasteiger charge is -2.31. The zero-order valence-electron chi connectivity index (χ0n) is 29.8.